The van der Waals surface area contributed by atoms with Gasteiger partial charge in [0.25, 0.3) is 0 Å². The van der Waals surface area contributed by atoms with Crippen LogP contribution in [0, 0.1) is 6.92 Å². The van der Waals surface area contributed by atoms with Crippen LogP contribution in [0.25, 0.3) is 0 Å². The molecule has 0 aromatic carbocycles. The van der Waals surface area contributed by atoms with Crippen LogP contribution in [0.4, 0.5) is 0 Å². The molecule has 1 aromatic heterocycles. The largest absolute Gasteiger partial charge is 0.336 e. The third-order valence-electron chi connectivity index (χ3n) is 5.63. The Morgan fingerprint density at radius 1 is 1.21 bits per heavy atom. The number of aryl methyl sites for hydroxylation is 1. The molecule has 0 aliphatic carbocycles. The van der Waals surface area contributed by atoms with Crippen LogP contribution in [0.5, 0.6) is 0 Å². The van der Waals surface area contributed by atoms with E-state index < -0.39 is 0 Å². The molecule has 2 aliphatic heterocycles. The van der Waals surface area contributed by atoms with Gasteiger partial charge in [0.1, 0.15) is 0 Å². The lowest BCUT2D eigenvalue weighted by molar-refractivity contribution is -0.131. The first-order valence-corrected chi connectivity index (χ1v) is 10.0. The van der Waals surface area contributed by atoms with Crippen molar-refractivity contribution in [2.75, 3.05) is 40.3 Å². The second-order valence-corrected chi connectivity index (χ2v) is 9.09. The highest BCUT2D eigenvalue weighted by molar-refractivity contribution is 7.11. The van der Waals surface area contributed by atoms with E-state index in [-0.39, 0.29) is 5.54 Å². The minimum absolute atomic E-state index is 0.132. The molecule has 0 bridgehead atoms. The SMILES string of the molecule is Cc1ccc(CN2CCCC3(CCC(=O)N3CCN(C)C)CC2)s1. The van der Waals surface area contributed by atoms with Crippen molar-refractivity contribution in [3.05, 3.63) is 21.9 Å². The van der Waals surface area contributed by atoms with Gasteiger partial charge in [0.05, 0.1) is 0 Å². The molecule has 1 unspecified atom stereocenters. The van der Waals surface area contributed by atoms with E-state index in [9.17, 15) is 4.79 Å². The van der Waals surface area contributed by atoms with Crippen LogP contribution >= 0.6 is 11.3 Å². The molecule has 0 saturated carbocycles. The van der Waals surface area contributed by atoms with E-state index in [1.807, 2.05) is 11.3 Å². The fraction of sp³-hybridized carbons (Fsp3) is 0.737. The summed E-state index contributed by atoms with van der Waals surface area (Å²) in [6.07, 6.45) is 5.32. The summed E-state index contributed by atoms with van der Waals surface area (Å²) in [6, 6.07) is 4.49. The molecule has 2 saturated heterocycles. The first-order chi connectivity index (χ1) is 11.5. The highest BCUT2D eigenvalue weighted by atomic mass is 32.1. The van der Waals surface area contributed by atoms with E-state index in [1.165, 1.54) is 22.6 Å². The fourth-order valence-electron chi connectivity index (χ4n) is 4.24. The molecule has 2 aliphatic rings. The average Bonchev–Trinajstić information content (AvgIpc) is 2.99. The molecule has 0 radical (unpaired) electrons. The predicted molar refractivity (Wildman–Crippen MR) is 100 cm³/mol. The lowest BCUT2D eigenvalue weighted by Crippen LogP contribution is -2.48. The molecule has 4 nitrogen and oxygen atoms in total. The molecule has 3 rings (SSSR count). The maximum Gasteiger partial charge on any atom is 0.223 e. The lowest BCUT2D eigenvalue weighted by Gasteiger charge is -2.39. The maximum atomic E-state index is 12.4. The Bertz CT molecular complexity index is 571. The number of carbonyl (C=O) groups excluding carboxylic acids is 1. The van der Waals surface area contributed by atoms with E-state index in [4.69, 9.17) is 0 Å². The second kappa shape index (κ2) is 7.54. The van der Waals surface area contributed by atoms with Crippen molar-refractivity contribution in [3.63, 3.8) is 0 Å². The molecule has 5 heteroatoms. The van der Waals surface area contributed by atoms with Crippen LogP contribution in [0.15, 0.2) is 12.1 Å². The molecule has 24 heavy (non-hydrogen) atoms. The highest BCUT2D eigenvalue weighted by Gasteiger charge is 2.45. The van der Waals surface area contributed by atoms with Gasteiger partial charge in [0.15, 0.2) is 0 Å². The fourth-order valence-corrected chi connectivity index (χ4v) is 5.17. The summed E-state index contributed by atoms with van der Waals surface area (Å²) >= 11 is 1.91. The second-order valence-electron chi connectivity index (χ2n) is 7.72. The van der Waals surface area contributed by atoms with Gasteiger partial charge >= 0.3 is 0 Å². The summed E-state index contributed by atoms with van der Waals surface area (Å²) in [5.74, 6) is 0.374. The van der Waals surface area contributed by atoms with Crippen molar-refractivity contribution in [1.29, 1.82) is 0 Å². The van der Waals surface area contributed by atoms with Gasteiger partial charge < -0.3 is 9.80 Å². The minimum Gasteiger partial charge on any atom is -0.336 e. The number of hydrogen-bond acceptors (Lipinski definition) is 4. The van der Waals surface area contributed by atoms with Gasteiger partial charge in [-0.2, -0.15) is 0 Å². The molecular formula is C19H31N3OS. The van der Waals surface area contributed by atoms with Gasteiger partial charge in [0, 0.05) is 47.9 Å². The summed E-state index contributed by atoms with van der Waals surface area (Å²) < 4.78 is 0. The van der Waals surface area contributed by atoms with Gasteiger partial charge in [-0.1, -0.05) is 0 Å². The van der Waals surface area contributed by atoms with E-state index >= 15 is 0 Å². The first kappa shape index (κ1) is 17.9. The minimum atomic E-state index is 0.132. The number of amides is 1. The Kier molecular flexibility index (Phi) is 5.63. The van der Waals surface area contributed by atoms with Gasteiger partial charge in [0.2, 0.25) is 5.91 Å². The molecule has 1 spiro atoms. The van der Waals surface area contributed by atoms with Gasteiger partial charge in [-0.15, -0.1) is 11.3 Å². The van der Waals surface area contributed by atoms with E-state index in [2.05, 4.69) is 47.9 Å². The first-order valence-electron chi connectivity index (χ1n) is 9.21. The number of rotatable bonds is 5. The van der Waals surface area contributed by atoms with Gasteiger partial charge in [-0.3, -0.25) is 9.69 Å². The maximum absolute atomic E-state index is 12.4. The van der Waals surface area contributed by atoms with Crippen LogP contribution in [0.1, 0.15) is 41.9 Å². The normalized spacial score (nSPS) is 25.8. The van der Waals surface area contributed by atoms with Crippen LogP contribution in [0.2, 0.25) is 0 Å². The van der Waals surface area contributed by atoms with Crippen LogP contribution < -0.4 is 0 Å². The average molecular weight is 350 g/mol. The Morgan fingerprint density at radius 2 is 2.04 bits per heavy atom. The summed E-state index contributed by atoms with van der Waals surface area (Å²) in [6.45, 7) is 7.37. The zero-order valence-corrected chi connectivity index (χ0v) is 16.2. The van der Waals surface area contributed by atoms with Gasteiger partial charge in [-0.25, -0.2) is 0 Å². The Morgan fingerprint density at radius 3 is 2.75 bits per heavy atom. The van der Waals surface area contributed by atoms with Crippen molar-refractivity contribution >= 4 is 17.2 Å². The summed E-state index contributed by atoms with van der Waals surface area (Å²) in [7, 11) is 4.18. The topological polar surface area (TPSA) is 26.8 Å². The van der Waals surface area contributed by atoms with Crippen LogP contribution in [0.3, 0.4) is 0 Å². The van der Waals surface area contributed by atoms with Crippen LogP contribution in [-0.4, -0.2) is 66.4 Å². The van der Waals surface area contributed by atoms with Crippen molar-refractivity contribution < 1.29 is 4.79 Å². The predicted octanol–water partition coefficient (Wildman–Crippen LogP) is 2.97. The number of carbonyl (C=O) groups is 1. The quantitative estimate of drug-likeness (QED) is 0.818. The molecule has 1 atom stereocenters. The molecule has 1 amide bonds. The van der Waals surface area contributed by atoms with Crippen molar-refractivity contribution in [2.45, 2.75) is 51.1 Å². The van der Waals surface area contributed by atoms with Crippen LogP contribution in [-0.2, 0) is 11.3 Å². The summed E-state index contributed by atoms with van der Waals surface area (Å²) in [4.78, 5) is 22.3. The van der Waals surface area contributed by atoms with E-state index in [1.54, 1.807) is 0 Å². The zero-order valence-electron chi connectivity index (χ0n) is 15.4. The molecule has 0 N–H and O–H groups in total. The Balaban J connectivity index is 1.63. The van der Waals surface area contributed by atoms with E-state index in [0.717, 1.165) is 52.0 Å². The van der Waals surface area contributed by atoms with E-state index in [0.29, 0.717) is 5.91 Å². The van der Waals surface area contributed by atoms with Gasteiger partial charge in [-0.05, 0) is 65.4 Å². The monoisotopic (exact) mass is 349 g/mol. The Hall–Kier alpha value is -0.910. The lowest BCUT2D eigenvalue weighted by atomic mass is 9.87. The third kappa shape index (κ3) is 4.01. The number of likely N-dealkylation sites (tertiary alicyclic amines) is 2. The van der Waals surface area contributed by atoms with Crippen molar-refractivity contribution in [1.82, 2.24) is 14.7 Å². The third-order valence-corrected chi connectivity index (χ3v) is 6.62. The number of thiophene rings is 1. The van der Waals surface area contributed by atoms with Crippen molar-refractivity contribution in [3.8, 4) is 0 Å². The summed E-state index contributed by atoms with van der Waals surface area (Å²) in [5.41, 5.74) is 0.132. The molecular weight excluding hydrogens is 318 g/mol. The molecule has 3 heterocycles. The zero-order chi connectivity index (χ0) is 17.2. The Labute approximate surface area is 150 Å². The summed E-state index contributed by atoms with van der Waals surface area (Å²) in [5, 5.41) is 0. The molecule has 1 aromatic rings. The smallest absolute Gasteiger partial charge is 0.223 e. The number of hydrogen-bond donors (Lipinski definition) is 0. The highest BCUT2D eigenvalue weighted by Crippen LogP contribution is 2.39. The standard InChI is InChI=1S/C19H31N3OS/c1-16-5-6-17(24-16)15-21-11-4-8-19(10-12-21)9-7-18(23)22(19)14-13-20(2)3/h5-6H,4,7-15H2,1-3H3. The molecule has 134 valence electrons. The number of likely N-dealkylation sites (N-methyl/N-ethyl adjacent to an activating group) is 1. The number of nitrogens with zero attached hydrogens (tertiary/aromatic N) is 3. The molecule has 2 fully saturated rings. The van der Waals surface area contributed by atoms with Crippen molar-refractivity contribution in [2.24, 2.45) is 0 Å².